The minimum atomic E-state index is -4.89. The number of hydrogen-bond acceptors (Lipinski definition) is 5. The predicted molar refractivity (Wildman–Crippen MR) is 138 cm³/mol. The standard InChI is InChI=1S/C29H26F3NO6/c1-4-25(28(35)36)38-26-8-6-5-7-19(26)15-22-17(2)33(27(34)18-9-11-20(37-3)12-10-18)24-14-13-21(16-23(22)24)39-29(30,31)32/h5-14,16,25H,4,15H2,1-3H3,(H,35,36). The highest BCUT2D eigenvalue weighted by atomic mass is 19.4. The van der Waals surface area contributed by atoms with E-state index in [1.807, 2.05) is 0 Å². The molecule has 0 saturated carbocycles. The van der Waals surface area contributed by atoms with Gasteiger partial charge >= 0.3 is 12.3 Å². The second-order valence-corrected chi connectivity index (χ2v) is 8.80. The van der Waals surface area contributed by atoms with Crippen LogP contribution >= 0.6 is 0 Å². The van der Waals surface area contributed by atoms with Crippen LogP contribution in [0.15, 0.2) is 66.7 Å². The third-order valence-electron chi connectivity index (χ3n) is 6.34. The number of aromatic nitrogens is 1. The lowest BCUT2D eigenvalue weighted by molar-refractivity contribution is -0.274. The Morgan fingerprint density at radius 1 is 1.00 bits per heavy atom. The minimum Gasteiger partial charge on any atom is -0.497 e. The third kappa shape index (κ3) is 6.00. The number of aliphatic carboxylic acids is 1. The Balaban J connectivity index is 1.85. The number of carbonyl (C=O) groups is 2. The number of benzene rings is 3. The molecule has 0 spiro atoms. The van der Waals surface area contributed by atoms with Crippen molar-refractivity contribution < 1.29 is 42.1 Å². The number of fused-ring (bicyclic) bond motifs is 1. The van der Waals surface area contributed by atoms with E-state index in [0.717, 1.165) is 6.07 Å². The molecule has 0 amide bonds. The molecule has 4 aromatic rings. The number of halogens is 3. The lowest BCUT2D eigenvalue weighted by Crippen LogP contribution is -2.26. The van der Waals surface area contributed by atoms with Gasteiger partial charge in [-0.15, -0.1) is 13.2 Å². The Kier molecular flexibility index (Phi) is 7.85. The Bertz CT molecular complexity index is 1510. The molecule has 1 heterocycles. The third-order valence-corrected chi connectivity index (χ3v) is 6.34. The molecule has 0 bridgehead atoms. The highest BCUT2D eigenvalue weighted by Gasteiger charge is 2.32. The number of rotatable bonds is 9. The number of nitrogens with zero attached hydrogens (tertiary/aromatic N) is 1. The number of carboxylic acids is 1. The Morgan fingerprint density at radius 3 is 2.28 bits per heavy atom. The van der Waals surface area contributed by atoms with Crippen molar-refractivity contribution in [2.75, 3.05) is 7.11 Å². The van der Waals surface area contributed by atoms with E-state index in [0.29, 0.717) is 44.8 Å². The Morgan fingerprint density at radius 2 is 1.67 bits per heavy atom. The molecule has 4 rings (SSSR count). The summed E-state index contributed by atoms with van der Waals surface area (Å²) in [6, 6.07) is 17.1. The van der Waals surface area contributed by atoms with Crippen molar-refractivity contribution in [3.63, 3.8) is 0 Å². The molecule has 1 N–H and O–H groups in total. The number of ether oxygens (including phenoxy) is 3. The smallest absolute Gasteiger partial charge is 0.497 e. The molecule has 204 valence electrons. The zero-order valence-corrected chi connectivity index (χ0v) is 21.4. The van der Waals surface area contributed by atoms with Crippen LogP contribution in [-0.2, 0) is 11.2 Å². The van der Waals surface area contributed by atoms with Crippen LogP contribution in [0.5, 0.6) is 17.2 Å². The van der Waals surface area contributed by atoms with E-state index in [1.165, 1.54) is 23.8 Å². The molecule has 0 aliphatic rings. The van der Waals surface area contributed by atoms with Gasteiger partial charge in [-0.2, -0.15) is 0 Å². The number of carboxylic acid groups (broad SMARTS) is 1. The summed E-state index contributed by atoms with van der Waals surface area (Å²) in [6.07, 6.45) is -5.57. The van der Waals surface area contributed by atoms with Crippen molar-refractivity contribution in [3.8, 4) is 17.2 Å². The van der Waals surface area contributed by atoms with Crippen LogP contribution in [0.1, 0.15) is 40.5 Å². The molecule has 7 nitrogen and oxygen atoms in total. The van der Waals surface area contributed by atoms with Gasteiger partial charge in [-0.1, -0.05) is 25.1 Å². The summed E-state index contributed by atoms with van der Waals surface area (Å²) in [6.45, 7) is 3.39. The van der Waals surface area contributed by atoms with Gasteiger partial charge in [-0.05, 0) is 73.0 Å². The number of para-hydroxylation sites is 1. The molecule has 0 saturated heterocycles. The van der Waals surface area contributed by atoms with E-state index in [2.05, 4.69) is 4.74 Å². The molecular formula is C29H26F3NO6. The molecule has 1 unspecified atom stereocenters. The van der Waals surface area contributed by atoms with Crippen molar-refractivity contribution in [2.45, 2.75) is 39.2 Å². The highest BCUT2D eigenvalue weighted by molar-refractivity contribution is 6.04. The zero-order chi connectivity index (χ0) is 28.3. The average molecular weight is 542 g/mol. The molecule has 1 atom stereocenters. The summed E-state index contributed by atoms with van der Waals surface area (Å²) >= 11 is 0. The number of alkyl halides is 3. The first-order valence-corrected chi connectivity index (χ1v) is 12.1. The summed E-state index contributed by atoms with van der Waals surface area (Å²) in [7, 11) is 1.51. The van der Waals surface area contributed by atoms with Crippen molar-refractivity contribution >= 4 is 22.8 Å². The number of methoxy groups -OCH3 is 1. The topological polar surface area (TPSA) is 87.0 Å². The van der Waals surface area contributed by atoms with Crippen molar-refractivity contribution in [1.82, 2.24) is 4.57 Å². The van der Waals surface area contributed by atoms with Crippen LogP contribution in [0, 0.1) is 6.92 Å². The Labute approximate surface area is 222 Å². The lowest BCUT2D eigenvalue weighted by Gasteiger charge is -2.16. The largest absolute Gasteiger partial charge is 0.573 e. The average Bonchev–Trinajstić information content (AvgIpc) is 3.16. The summed E-state index contributed by atoms with van der Waals surface area (Å²) in [4.78, 5) is 25.2. The van der Waals surface area contributed by atoms with E-state index in [4.69, 9.17) is 9.47 Å². The maximum absolute atomic E-state index is 13.6. The van der Waals surface area contributed by atoms with Crippen LogP contribution in [0.3, 0.4) is 0 Å². The normalized spacial score (nSPS) is 12.3. The fourth-order valence-corrected chi connectivity index (χ4v) is 4.42. The zero-order valence-electron chi connectivity index (χ0n) is 21.4. The molecule has 3 aromatic carbocycles. The monoisotopic (exact) mass is 541 g/mol. The quantitative estimate of drug-likeness (QED) is 0.265. The lowest BCUT2D eigenvalue weighted by atomic mass is 10.0. The maximum atomic E-state index is 13.6. The van der Waals surface area contributed by atoms with Crippen molar-refractivity contribution in [1.29, 1.82) is 0 Å². The van der Waals surface area contributed by atoms with Gasteiger partial charge in [0.05, 0.1) is 12.6 Å². The summed E-state index contributed by atoms with van der Waals surface area (Å²) in [5, 5.41) is 9.84. The molecular weight excluding hydrogens is 515 g/mol. The molecule has 0 radical (unpaired) electrons. The first-order valence-electron chi connectivity index (χ1n) is 12.1. The van der Waals surface area contributed by atoms with Gasteiger partial charge in [-0.3, -0.25) is 9.36 Å². The highest BCUT2D eigenvalue weighted by Crippen LogP contribution is 2.35. The molecule has 0 fully saturated rings. The van der Waals surface area contributed by atoms with Crippen molar-refractivity contribution in [2.24, 2.45) is 0 Å². The van der Waals surface area contributed by atoms with Crippen LogP contribution in [0.25, 0.3) is 10.9 Å². The maximum Gasteiger partial charge on any atom is 0.573 e. The molecule has 10 heteroatoms. The van der Waals surface area contributed by atoms with E-state index in [-0.39, 0.29) is 18.7 Å². The van der Waals surface area contributed by atoms with Gasteiger partial charge in [0.1, 0.15) is 17.2 Å². The molecule has 1 aromatic heterocycles. The van der Waals surface area contributed by atoms with Crippen LogP contribution in [0.4, 0.5) is 13.2 Å². The van der Waals surface area contributed by atoms with Crippen LogP contribution < -0.4 is 14.2 Å². The van der Waals surface area contributed by atoms with E-state index in [9.17, 15) is 27.9 Å². The summed E-state index contributed by atoms with van der Waals surface area (Å²) in [5.74, 6) is -1.02. The first kappa shape index (κ1) is 27.6. The van der Waals surface area contributed by atoms with Crippen LogP contribution in [-0.4, -0.2) is 41.1 Å². The van der Waals surface area contributed by atoms with E-state index < -0.39 is 24.2 Å². The minimum absolute atomic E-state index is 0.160. The van der Waals surface area contributed by atoms with E-state index >= 15 is 0 Å². The van der Waals surface area contributed by atoms with Gasteiger partial charge in [0, 0.05) is 23.1 Å². The second kappa shape index (κ2) is 11.1. The van der Waals surface area contributed by atoms with Gasteiger partial charge in [0.25, 0.3) is 5.91 Å². The van der Waals surface area contributed by atoms with Gasteiger partial charge in [0.15, 0.2) is 6.10 Å². The van der Waals surface area contributed by atoms with Crippen LogP contribution in [0.2, 0.25) is 0 Å². The molecule has 39 heavy (non-hydrogen) atoms. The number of carbonyl (C=O) groups excluding carboxylic acids is 1. The SMILES string of the molecule is CCC(Oc1ccccc1Cc1c(C)n(C(=O)c2ccc(OC)cc2)c2ccc(OC(F)(F)F)cc12)C(=O)O. The predicted octanol–water partition coefficient (Wildman–Crippen LogP) is 6.38. The Hall–Kier alpha value is -4.47. The number of hydrogen-bond donors (Lipinski definition) is 1. The molecule has 0 aliphatic heterocycles. The molecule has 0 aliphatic carbocycles. The fraction of sp³-hybridized carbons (Fsp3) is 0.241. The van der Waals surface area contributed by atoms with Gasteiger partial charge in [0.2, 0.25) is 0 Å². The second-order valence-electron chi connectivity index (χ2n) is 8.80. The summed E-state index contributed by atoms with van der Waals surface area (Å²) < 4.78 is 55.5. The van der Waals surface area contributed by atoms with E-state index in [1.54, 1.807) is 62.4 Å². The fourth-order valence-electron chi connectivity index (χ4n) is 4.42. The summed E-state index contributed by atoms with van der Waals surface area (Å²) in [5.41, 5.74) is 2.44. The van der Waals surface area contributed by atoms with Crippen molar-refractivity contribution in [3.05, 3.63) is 89.1 Å². The van der Waals surface area contributed by atoms with Gasteiger partial charge < -0.3 is 19.3 Å². The first-order chi connectivity index (χ1) is 18.5. The van der Waals surface area contributed by atoms with Gasteiger partial charge in [-0.25, -0.2) is 4.79 Å².